The molecule has 2 rings (SSSR count). The van der Waals surface area contributed by atoms with Crippen LogP contribution in [0.3, 0.4) is 0 Å². The largest absolute Gasteiger partial charge is 0.481 e. The predicted octanol–water partition coefficient (Wildman–Crippen LogP) is 5.14. The van der Waals surface area contributed by atoms with Crippen LogP contribution in [0.15, 0.2) is 36.4 Å². The Morgan fingerprint density at radius 2 is 1.58 bits per heavy atom. The lowest BCUT2D eigenvalue weighted by atomic mass is 10.0. The molecule has 24 heavy (non-hydrogen) atoms. The zero-order valence-corrected chi connectivity index (χ0v) is 15.4. The van der Waals surface area contributed by atoms with Crippen molar-refractivity contribution >= 4 is 11.6 Å². The Kier molecular flexibility index (Phi) is 5.66. The van der Waals surface area contributed by atoms with E-state index >= 15 is 0 Å². The molecule has 1 amide bonds. The first-order chi connectivity index (χ1) is 11.3. The fraction of sp³-hybridized carbons (Fsp3) is 0.381. The van der Waals surface area contributed by atoms with Gasteiger partial charge in [0, 0.05) is 5.69 Å². The van der Waals surface area contributed by atoms with E-state index in [2.05, 4.69) is 38.2 Å². The molecule has 0 unspecified atom stereocenters. The van der Waals surface area contributed by atoms with Crippen LogP contribution in [0, 0.1) is 20.8 Å². The van der Waals surface area contributed by atoms with Crippen LogP contribution < -0.4 is 10.1 Å². The molecule has 0 heterocycles. The Bertz CT molecular complexity index is 711. The summed E-state index contributed by atoms with van der Waals surface area (Å²) in [6.07, 6.45) is -0.565. The van der Waals surface area contributed by atoms with E-state index in [4.69, 9.17) is 4.74 Å². The van der Waals surface area contributed by atoms with Crippen molar-refractivity contribution in [2.75, 3.05) is 5.32 Å². The Morgan fingerprint density at radius 1 is 1.00 bits per heavy atom. The van der Waals surface area contributed by atoms with Crippen LogP contribution in [0.4, 0.5) is 5.69 Å². The number of carbonyl (C=O) groups is 1. The number of benzene rings is 2. The molecule has 3 heteroatoms. The minimum atomic E-state index is -0.565. The lowest BCUT2D eigenvalue weighted by Gasteiger charge is -2.20. The van der Waals surface area contributed by atoms with Crippen LogP contribution in [0.25, 0.3) is 0 Å². The molecule has 0 saturated carbocycles. The average molecular weight is 325 g/mol. The summed E-state index contributed by atoms with van der Waals surface area (Å²) in [5.41, 5.74) is 5.31. The predicted molar refractivity (Wildman–Crippen MR) is 99.9 cm³/mol. The van der Waals surface area contributed by atoms with Gasteiger partial charge in [0.15, 0.2) is 6.10 Å². The smallest absolute Gasteiger partial charge is 0.265 e. The highest BCUT2D eigenvalue weighted by atomic mass is 16.5. The van der Waals surface area contributed by atoms with E-state index in [1.807, 2.05) is 38.1 Å². The van der Waals surface area contributed by atoms with Crippen LogP contribution in [0.1, 0.15) is 48.9 Å². The molecular weight excluding hydrogens is 298 g/mol. The molecule has 0 bridgehead atoms. The zero-order valence-electron chi connectivity index (χ0n) is 15.4. The molecule has 0 aliphatic heterocycles. The van der Waals surface area contributed by atoms with Gasteiger partial charge in [0.25, 0.3) is 5.91 Å². The Balaban J connectivity index is 2.14. The summed E-state index contributed by atoms with van der Waals surface area (Å²) in [7, 11) is 0. The summed E-state index contributed by atoms with van der Waals surface area (Å²) in [4.78, 5) is 12.6. The van der Waals surface area contributed by atoms with Crippen LogP contribution in [0.5, 0.6) is 5.75 Å². The number of aryl methyl sites for hydroxylation is 3. The topological polar surface area (TPSA) is 38.3 Å². The number of amides is 1. The third-order valence-electron chi connectivity index (χ3n) is 4.14. The Morgan fingerprint density at radius 3 is 2.17 bits per heavy atom. The molecule has 0 spiro atoms. The van der Waals surface area contributed by atoms with Gasteiger partial charge in [-0.3, -0.25) is 4.79 Å². The van der Waals surface area contributed by atoms with Gasteiger partial charge in [-0.2, -0.15) is 0 Å². The highest BCUT2D eigenvalue weighted by Gasteiger charge is 2.18. The van der Waals surface area contributed by atoms with Crippen LogP contribution in [-0.2, 0) is 4.79 Å². The summed E-state index contributed by atoms with van der Waals surface area (Å²) in [5.74, 6) is 0.981. The van der Waals surface area contributed by atoms with Gasteiger partial charge < -0.3 is 10.1 Å². The fourth-order valence-electron chi connectivity index (χ4n) is 2.91. The van der Waals surface area contributed by atoms with Crippen molar-refractivity contribution in [3.63, 3.8) is 0 Å². The number of carbonyl (C=O) groups excluding carboxylic acids is 1. The lowest BCUT2D eigenvalue weighted by Crippen LogP contribution is -2.31. The molecule has 1 atom stereocenters. The van der Waals surface area contributed by atoms with Gasteiger partial charge in [-0.1, -0.05) is 49.7 Å². The SMILES string of the molecule is Cc1cc(C)c(NC(=O)[C@H](C)Oc2ccccc2C(C)C)c(C)c1. The van der Waals surface area contributed by atoms with E-state index in [1.165, 1.54) is 5.56 Å². The molecule has 0 aliphatic carbocycles. The Hall–Kier alpha value is -2.29. The first-order valence-corrected chi connectivity index (χ1v) is 8.44. The van der Waals surface area contributed by atoms with Gasteiger partial charge in [0.2, 0.25) is 0 Å². The minimum Gasteiger partial charge on any atom is -0.481 e. The molecule has 2 aromatic carbocycles. The van der Waals surface area contributed by atoms with Crippen molar-refractivity contribution in [1.29, 1.82) is 0 Å². The number of hydrogen-bond acceptors (Lipinski definition) is 2. The number of para-hydroxylation sites is 1. The molecule has 0 radical (unpaired) electrons. The van der Waals surface area contributed by atoms with Gasteiger partial charge in [-0.25, -0.2) is 0 Å². The maximum Gasteiger partial charge on any atom is 0.265 e. The third kappa shape index (κ3) is 4.16. The van der Waals surface area contributed by atoms with Crippen molar-refractivity contribution in [2.45, 2.75) is 53.6 Å². The normalized spacial score (nSPS) is 12.1. The van der Waals surface area contributed by atoms with E-state index in [0.29, 0.717) is 5.92 Å². The second kappa shape index (κ2) is 7.52. The second-order valence-electron chi connectivity index (χ2n) is 6.72. The number of hydrogen-bond donors (Lipinski definition) is 1. The summed E-state index contributed by atoms with van der Waals surface area (Å²) in [6.45, 7) is 12.1. The first kappa shape index (κ1) is 18.1. The molecule has 2 aromatic rings. The van der Waals surface area contributed by atoms with Gasteiger partial charge >= 0.3 is 0 Å². The highest BCUT2D eigenvalue weighted by Crippen LogP contribution is 2.27. The van der Waals surface area contributed by atoms with Crippen molar-refractivity contribution in [2.24, 2.45) is 0 Å². The molecule has 128 valence electrons. The van der Waals surface area contributed by atoms with Gasteiger partial charge in [-0.05, 0) is 56.4 Å². The number of nitrogens with one attached hydrogen (secondary N) is 1. The second-order valence-corrected chi connectivity index (χ2v) is 6.72. The standard InChI is InChI=1S/C21H27NO2/c1-13(2)18-9-7-8-10-19(18)24-17(6)21(23)22-20-15(4)11-14(3)12-16(20)5/h7-13,17H,1-6H3,(H,22,23)/t17-/m0/s1. The molecule has 0 aliphatic rings. The summed E-state index contributed by atoms with van der Waals surface area (Å²) >= 11 is 0. The van der Waals surface area contributed by atoms with Crippen molar-refractivity contribution in [3.8, 4) is 5.75 Å². The molecule has 0 aromatic heterocycles. The van der Waals surface area contributed by atoms with Gasteiger partial charge in [0.1, 0.15) is 5.75 Å². The van der Waals surface area contributed by atoms with E-state index in [1.54, 1.807) is 6.92 Å². The first-order valence-electron chi connectivity index (χ1n) is 8.44. The van der Waals surface area contributed by atoms with Crippen LogP contribution in [-0.4, -0.2) is 12.0 Å². The Labute approximate surface area is 145 Å². The van der Waals surface area contributed by atoms with E-state index in [0.717, 1.165) is 28.1 Å². The fourth-order valence-corrected chi connectivity index (χ4v) is 2.91. The summed E-state index contributed by atoms with van der Waals surface area (Å²) in [6, 6.07) is 12.0. The lowest BCUT2D eigenvalue weighted by molar-refractivity contribution is -0.122. The molecular formula is C21H27NO2. The molecule has 0 saturated heterocycles. The number of ether oxygens (including phenoxy) is 1. The van der Waals surface area contributed by atoms with E-state index in [9.17, 15) is 4.79 Å². The zero-order chi connectivity index (χ0) is 17.9. The summed E-state index contributed by atoms with van der Waals surface area (Å²) in [5, 5.41) is 3.01. The minimum absolute atomic E-state index is 0.136. The molecule has 1 N–H and O–H groups in total. The maximum absolute atomic E-state index is 12.6. The van der Waals surface area contributed by atoms with Gasteiger partial charge in [-0.15, -0.1) is 0 Å². The maximum atomic E-state index is 12.6. The van der Waals surface area contributed by atoms with E-state index in [-0.39, 0.29) is 5.91 Å². The van der Waals surface area contributed by atoms with Crippen LogP contribution in [0.2, 0.25) is 0 Å². The van der Waals surface area contributed by atoms with Crippen molar-refractivity contribution < 1.29 is 9.53 Å². The van der Waals surface area contributed by atoms with E-state index < -0.39 is 6.10 Å². The molecule has 3 nitrogen and oxygen atoms in total. The molecule has 0 fully saturated rings. The quantitative estimate of drug-likeness (QED) is 0.826. The van der Waals surface area contributed by atoms with Gasteiger partial charge in [0.05, 0.1) is 0 Å². The number of anilines is 1. The van der Waals surface area contributed by atoms with Crippen LogP contribution >= 0.6 is 0 Å². The van der Waals surface area contributed by atoms with Crippen molar-refractivity contribution in [3.05, 3.63) is 58.7 Å². The average Bonchev–Trinajstić information content (AvgIpc) is 2.50. The summed E-state index contributed by atoms with van der Waals surface area (Å²) < 4.78 is 5.93. The number of rotatable bonds is 5. The third-order valence-corrected chi connectivity index (χ3v) is 4.14. The highest BCUT2D eigenvalue weighted by molar-refractivity contribution is 5.95. The van der Waals surface area contributed by atoms with Crippen molar-refractivity contribution in [1.82, 2.24) is 0 Å². The monoisotopic (exact) mass is 325 g/mol.